The zero-order chi connectivity index (χ0) is 14.0. The number of aromatic hydroxyl groups is 2. The van der Waals surface area contributed by atoms with Crippen molar-refractivity contribution >= 4 is 23.2 Å². The minimum atomic E-state index is -0.542. The van der Waals surface area contributed by atoms with Crippen molar-refractivity contribution in [2.75, 3.05) is 5.32 Å². The van der Waals surface area contributed by atoms with Crippen LogP contribution in [-0.2, 0) is 0 Å². The molecule has 3 N–H and O–H groups in total. The molecule has 0 fully saturated rings. The summed E-state index contributed by atoms with van der Waals surface area (Å²) in [6, 6.07) is 9.06. The summed E-state index contributed by atoms with van der Waals surface area (Å²) in [6.45, 7) is 1.83. The number of benzene rings is 2. The lowest BCUT2D eigenvalue weighted by atomic mass is 10.1. The number of carbonyl (C=O) groups excluding carboxylic acids is 1. The van der Waals surface area contributed by atoms with Crippen molar-refractivity contribution in [3.63, 3.8) is 0 Å². The molecule has 0 unspecified atom stereocenters. The van der Waals surface area contributed by atoms with Gasteiger partial charge in [0.25, 0.3) is 5.91 Å². The lowest BCUT2D eigenvalue weighted by Crippen LogP contribution is -2.12. The third-order valence-corrected chi connectivity index (χ3v) is 2.84. The summed E-state index contributed by atoms with van der Waals surface area (Å²) >= 11 is 5.78. The van der Waals surface area contributed by atoms with Crippen molar-refractivity contribution in [3.05, 3.63) is 52.5 Å². The Kier molecular flexibility index (Phi) is 3.62. The fourth-order valence-electron chi connectivity index (χ4n) is 1.63. The van der Waals surface area contributed by atoms with Crippen molar-refractivity contribution < 1.29 is 15.0 Å². The molecule has 0 aliphatic carbocycles. The smallest absolute Gasteiger partial charge is 0.259 e. The highest BCUT2D eigenvalue weighted by molar-refractivity contribution is 6.31. The molecule has 0 bridgehead atoms. The molecular formula is C14H12ClNO3. The fraction of sp³-hybridized carbons (Fsp3) is 0.0714. The number of phenolic OH excluding ortho intramolecular Hbond substituents is 2. The summed E-state index contributed by atoms with van der Waals surface area (Å²) in [4.78, 5) is 12.0. The first kappa shape index (κ1) is 13.2. The molecule has 0 aliphatic rings. The number of rotatable bonds is 2. The molecular weight excluding hydrogens is 266 g/mol. The van der Waals surface area contributed by atoms with Crippen LogP contribution in [0.25, 0.3) is 0 Å². The molecule has 0 radical (unpaired) electrons. The van der Waals surface area contributed by atoms with Gasteiger partial charge < -0.3 is 15.5 Å². The van der Waals surface area contributed by atoms with E-state index in [9.17, 15) is 15.0 Å². The van der Waals surface area contributed by atoms with Gasteiger partial charge in [-0.3, -0.25) is 4.79 Å². The van der Waals surface area contributed by atoms with E-state index in [-0.39, 0.29) is 22.7 Å². The number of hydrogen-bond acceptors (Lipinski definition) is 3. The normalized spacial score (nSPS) is 10.2. The molecule has 19 heavy (non-hydrogen) atoms. The Balaban J connectivity index is 2.28. The summed E-state index contributed by atoms with van der Waals surface area (Å²) in [7, 11) is 0. The zero-order valence-electron chi connectivity index (χ0n) is 10.1. The van der Waals surface area contributed by atoms with Gasteiger partial charge in [-0.1, -0.05) is 17.7 Å². The average Bonchev–Trinajstić information content (AvgIpc) is 2.35. The summed E-state index contributed by atoms with van der Waals surface area (Å²) in [5, 5.41) is 22.2. The molecule has 0 heterocycles. The molecule has 4 nitrogen and oxygen atoms in total. The van der Waals surface area contributed by atoms with Crippen molar-refractivity contribution in [2.24, 2.45) is 0 Å². The van der Waals surface area contributed by atoms with Gasteiger partial charge in [0.05, 0.1) is 11.3 Å². The molecule has 98 valence electrons. The van der Waals surface area contributed by atoms with Crippen molar-refractivity contribution in [2.45, 2.75) is 6.92 Å². The van der Waals surface area contributed by atoms with Crippen LogP contribution in [0.3, 0.4) is 0 Å². The Morgan fingerprint density at radius 1 is 1.11 bits per heavy atom. The highest BCUT2D eigenvalue weighted by atomic mass is 35.5. The van der Waals surface area contributed by atoms with Crippen LogP contribution < -0.4 is 5.32 Å². The van der Waals surface area contributed by atoms with Crippen LogP contribution in [-0.4, -0.2) is 16.1 Å². The second-order valence-corrected chi connectivity index (χ2v) is 4.57. The standard InChI is InChI=1S/C14H12ClNO3/c1-8-2-4-11(13(18)6-8)16-14(19)10-7-9(15)3-5-12(10)17/h2-7,17-18H,1H3,(H,16,19). The van der Waals surface area contributed by atoms with Gasteiger partial charge in [-0.25, -0.2) is 0 Å². The number of aryl methyl sites for hydroxylation is 1. The third-order valence-electron chi connectivity index (χ3n) is 2.60. The molecule has 0 aliphatic heterocycles. The maximum atomic E-state index is 12.0. The van der Waals surface area contributed by atoms with Crippen LogP contribution in [0.15, 0.2) is 36.4 Å². The van der Waals surface area contributed by atoms with E-state index < -0.39 is 5.91 Å². The molecule has 5 heteroatoms. The molecule has 2 aromatic rings. The first-order valence-corrected chi connectivity index (χ1v) is 5.94. The maximum absolute atomic E-state index is 12.0. The van der Waals surface area contributed by atoms with Gasteiger partial charge in [-0.15, -0.1) is 0 Å². The fourth-order valence-corrected chi connectivity index (χ4v) is 1.80. The first-order valence-electron chi connectivity index (χ1n) is 5.57. The van der Waals surface area contributed by atoms with Gasteiger partial charge in [0, 0.05) is 5.02 Å². The summed E-state index contributed by atoms with van der Waals surface area (Å²) in [6.07, 6.45) is 0. The Labute approximate surface area is 115 Å². The largest absolute Gasteiger partial charge is 0.507 e. The lowest BCUT2D eigenvalue weighted by molar-refractivity contribution is 0.102. The van der Waals surface area contributed by atoms with E-state index in [4.69, 9.17) is 11.6 Å². The predicted octanol–water partition coefficient (Wildman–Crippen LogP) is 3.31. The number of phenols is 2. The Hall–Kier alpha value is -2.20. The summed E-state index contributed by atoms with van der Waals surface area (Å²) in [5.74, 6) is -0.748. The first-order chi connectivity index (χ1) is 8.97. The van der Waals surface area contributed by atoms with Crippen molar-refractivity contribution in [1.82, 2.24) is 0 Å². The Morgan fingerprint density at radius 2 is 1.84 bits per heavy atom. The molecule has 0 saturated carbocycles. The maximum Gasteiger partial charge on any atom is 0.259 e. The number of anilines is 1. The van der Waals surface area contributed by atoms with Gasteiger partial charge in [0.2, 0.25) is 0 Å². The van der Waals surface area contributed by atoms with Crippen LogP contribution in [0.2, 0.25) is 5.02 Å². The molecule has 2 aromatic carbocycles. The highest BCUT2D eigenvalue weighted by Crippen LogP contribution is 2.27. The average molecular weight is 278 g/mol. The van der Waals surface area contributed by atoms with Crippen LogP contribution in [0.5, 0.6) is 11.5 Å². The van der Waals surface area contributed by atoms with Gasteiger partial charge >= 0.3 is 0 Å². The topological polar surface area (TPSA) is 69.6 Å². The number of halogens is 1. The van der Waals surface area contributed by atoms with E-state index in [1.165, 1.54) is 24.3 Å². The molecule has 0 spiro atoms. The Morgan fingerprint density at radius 3 is 2.53 bits per heavy atom. The van der Waals surface area contributed by atoms with E-state index in [1.54, 1.807) is 12.1 Å². The van der Waals surface area contributed by atoms with Gasteiger partial charge in [0.15, 0.2) is 0 Å². The summed E-state index contributed by atoms with van der Waals surface area (Å²) < 4.78 is 0. The van der Waals surface area contributed by atoms with E-state index in [2.05, 4.69) is 5.32 Å². The van der Waals surface area contributed by atoms with Crippen LogP contribution in [0.4, 0.5) is 5.69 Å². The second-order valence-electron chi connectivity index (χ2n) is 4.14. The number of carbonyl (C=O) groups is 1. The van der Waals surface area contributed by atoms with Crippen molar-refractivity contribution in [3.8, 4) is 11.5 Å². The molecule has 0 atom stereocenters. The second kappa shape index (κ2) is 5.20. The predicted molar refractivity (Wildman–Crippen MR) is 73.9 cm³/mol. The molecule has 0 aromatic heterocycles. The van der Waals surface area contributed by atoms with E-state index in [0.717, 1.165) is 5.56 Å². The SMILES string of the molecule is Cc1ccc(NC(=O)c2cc(Cl)ccc2O)c(O)c1. The highest BCUT2D eigenvalue weighted by Gasteiger charge is 2.13. The minimum Gasteiger partial charge on any atom is -0.507 e. The quantitative estimate of drug-likeness (QED) is 0.738. The molecule has 1 amide bonds. The van der Waals surface area contributed by atoms with Crippen molar-refractivity contribution in [1.29, 1.82) is 0 Å². The van der Waals surface area contributed by atoms with Gasteiger partial charge in [-0.2, -0.15) is 0 Å². The molecule has 2 rings (SSSR count). The zero-order valence-corrected chi connectivity index (χ0v) is 10.9. The van der Waals surface area contributed by atoms with E-state index in [1.807, 2.05) is 6.92 Å². The van der Waals surface area contributed by atoms with Gasteiger partial charge in [0.1, 0.15) is 11.5 Å². The number of hydrogen-bond donors (Lipinski definition) is 3. The van der Waals surface area contributed by atoms with Gasteiger partial charge in [-0.05, 0) is 42.8 Å². The number of amides is 1. The van der Waals surface area contributed by atoms with E-state index >= 15 is 0 Å². The third kappa shape index (κ3) is 2.98. The summed E-state index contributed by atoms with van der Waals surface area (Å²) in [5.41, 5.74) is 1.20. The van der Waals surface area contributed by atoms with E-state index in [0.29, 0.717) is 5.02 Å². The monoisotopic (exact) mass is 277 g/mol. The van der Waals surface area contributed by atoms with Crippen LogP contribution >= 0.6 is 11.6 Å². The minimum absolute atomic E-state index is 0.0325. The van der Waals surface area contributed by atoms with Crippen LogP contribution in [0, 0.1) is 6.92 Å². The lowest BCUT2D eigenvalue weighted by Gasteiger charge is -2.09. The van der Waals surface area contributed by atoms with Crippen LogP contribution in [0.1, 0.15) is 15.9 Å². The molecule has 0 saturated heterocycles. The number of nitrogens with one attached hydrogen (secondary N) is 1. The Bertz CT molecular complexity index is 641.